The van der Waals surface area contributed by atoms with Crippen LogP contribution in [0.25, 0.3) is 0 Å². The number of urea groups is 1. The first-order valence-electron chi connectivity index (χ1n) is 7.09. The van der Waals surface area contributed by atoms with Crippen molar-refractivity contribution in [1.29, 1.82) is 0 Å². The Kier molecular flexibility index (Phi) is 6.62. The Morgan fingerprint density at radius 2 is 2.05 bits per heavy atom. The Balaban J connectivity index is 2.26. The standard InChI is InChI=1S/C13H25N3O3/c1-3-15(4-2)9-6-8-14-13(19)16-10-5-7-11(16)12(17)18/h11H,3-10H2,1-2H3,(H,14,19)(H,17,18)/t11-/m1/s1. The Labute approximate surface area is 114 Å². The van der Waals surface area contributed by atoms with Gasteiger partial charge in [0.1, 0.15) is 6.04 Å². The maximum atomic E-state index is 11.9. The van der Waals surface area contributed by atoms with Crippen molar-refractivity contribution in [3.05, 3.63) is 0 Å². The van der Waals surface area contributed by atoms with Gasteiger partial charge in [-0.3, -0.25) is 0 Å². The third kappa shape index (κ3) is 4.70. The molecule has 0 aromatic rings. The van der Waals surface area contributed by atoms with Crippen LogP contribution in [0.3, 0.4) is 0 Å². The van der Waals surface area contributed by atoms with Crippen LogP contribution in [0.4, 0.5) is 4.79 Å². The second-order valence-electron chi connectivity index (χ2n) is 4.80. The number of hydrogen-bond donors (Lipinski definition) is 2. The zero-order valence-electron chi connectivity index (χ0n) is 11.9. The van der Waals surface area contributed by atoms with Crippen molar-refractivity contribution in [3.8, 4) is 0 Å². The third-order valence-electron chi connectivity index (χ3n) is 3.62. The van der Waals surface area contributed by atoms with Crippen LogP contribution >= 0.6 is 0 Å². The van der Waals surface area contributed by atoms with Crippen molar-refractivity contribution >= 4 is 12.0 Å². The molecule has 0 aromatic carbocycles. The number of carboxylic acids is 1. The maximum Gasteiger partial charge on any atom is 0.326 e. The van der Waals surface area contributed by atoms with E-state index in [4.69, 9.17) is 5.11 Å². The number of nitrogens with zero attached hydrogens (tertiary/aromatic N) is 2. The largest absolute Gasteiger partial charge is 0.480 e. The molecule has 0 radical (unpaired) electrons. The minimum Gasteiger partial charge on any atom is -0.480 e. The minimum atomic E-state index is -0.907. The van der Waals surface area contributed by atoms with E-state index in [1.807, 2.05) is 0 Å². The topological polar surface area (TPSA) is 72.9 Å². The Hall–Kier alpha value is -1.30. The SMILES string of the molecule is CCN(CC)CCCNC(=O)N1CCC[C@@H]1C(=O)O. The van der Waals surface area contributed by atoms with Gasteiger partial charge in [0, 0.05) is 13.1 Å². The fourth-order valence-corrected chi connectivity index (χ4v) is 2.41. The van der Waals surface area contributed by atoms with Crippen LogP contribution in [0.5, 0.6) is 0 Å². The highest BCUT2D eigenvalue weighted by atomic mass is 16.4. The fourth-order valence-electron chi connectivity index (χ4n) is 2.41. The first-order valence-corrected chi connectivity index (χ1v) is 7.09. The summed E-state index contributed by atoms with van der Waals surface area (Å²) in [5, 5.41) is 11.8. The lowest BCUT2D eigenvalue weighted by Crippen LogP contribution is -2.46. The number of amides is 2. The summed E-state index contributed by atoms with van der Waals surface area (Å²) in [6.07, 6.45) is 2.21. The number of rotatable bonds is 7. The molecule has 1 aliphatic heterocycles. The van der Waals surface area contributed by atoms with Gasteiger partial charge in [0.25, 0.3) is 0 Å². The van der Waals surface area contributed by atoms with Gasteiger partial charge in [-0.2, -0.15) is 0 Å². The van der Waals surface area contributed by atoms with E-state index in [1.54, 1.807) is 0 Å². The lowest BCUT2D eigenvalue weighted by Gasteiger charge is -2.22. The molecule has 6 nitrogen and oxygen atoms in total. The van der Waals surface area contributed by atoms with Crippen molar-refractivity contribution in [2.75, 3.05) is 32.7 Å². The molecule has 19 heavy (non-hydrogen) atoms. The molecule has 2 N–H and O–H groups in total. The second-order valence-corrected chi connectivity index (χ2v) is 4.80. The molecule has 1 aliphatic rings. The van der Waals surface area contributed by atoms with Crippen molar-refractivity contribution in [1.82, 2.24) is 15.1 Å². The summed E-state index contributed by atoms with van der Waals surface area (Å²) < 4.78 is 0. The highest BCUT2D eigenvalue weighted by Crippen LogP contribution is 2.17. The first-order chi connectivity index (χ1) is 9.10. The zero-order chi connectivity index (χ0) is 14.3. The second kappa shape index (κ2) is 7.99. The normalized spacial score (nSPS) is 18.9. The molecule has 2 amide bonds. The average Bonchev–Trinajstić information content (AvgIpc) is 2.88. The van der Waals surface area contributed by atoms with Crippen molar-refractivity contribution in [2.45, 2.75) is 39.2 Å². The molecule has 0 saturated carbocycles. The molecule has 0 spiro atoms. The van der Waals surface area contributed by atoms with Crippen molar-refractivity contribution in [2.24, 2.45) is 0 Å². The maximum absolute atomic E-state index is 11.9. The first kappa shape index (κ1) is 15.8. The lowest BCUT2D eigenvalue weighted by atomic mass is 10.2. The van der Waals surface area contributed by atoms with Gasteiger partial charge in [0.2, 0.25) is 0 Å². The predicted octanol–water partition coefficient (Wildman–Crippen LogP) is 0.977. The van der Waals surface area contributed by atoms with Gasteiger partial charge < -0.3 is 20.2 Å². The van der Waals surface area contributed by atoms with Gasteiger partial charge in [0.15, 0.2) is 0 Å². The zero-order valence-corrected chi connectivity index (χ0v) is 11.9. The molecule has 110 valence electrons. The molecule has 1 heterocycles. The molecule has 0 unspecified atom stereocenters. The van der Waals surface area contributed by atoms with Crippen LogP contribution in [0.15, 0.2) is 0 Å². The molecular formula is C13H25N3O3. The molecule has 0 bridgehead atoms. The molecule has 0 aromatic heterocycles. The Morgan fingerprint density at radius 1 is 1.37 bits per heavy atom. The van der Waals surface area contributed by atoms with Crippen LogP contribution in [0.2, 0.25) is 0 Å². The van der Waals surface area contributed by atoms with Gasteiger partial charge in [-0.25, -0.2) is 9.59 Å². The number of nitrogens with one attached hydrogen (secondary N) is 1. The van der Waals surface area contributed by atoms with Gasteiger partial charge in [-0.1, -0.05) is 13.8 Å². The Bertz CT molecular complexity index is 306. The summed E-state index contributed by atoms with van der Waals surface area (Å²) in [5.74, 6) is -0.907. The summed E-state index contributed by atoms with van der Waals surface area (Å²) in [7, 11) is 0. The summed E-state index contributed by atoms with van der Waals surface area (Å²) in [6.45, 7) is 8.34. The highest BCUT2D eigenvalue weighted by molar-refractivity contribution is 5.83. The number of carbonyl (C=O) groups is 2. The molecule has 1 rings (SSSR count). The van der Waals surface area contributed by atoms with Crippen LogP contribution in [-0.2, 0) is 4.79 Å². The van der Waals surface area contributed by atoms with Crippen LogP contribution in [-0.4, -0.2) is 65.7 Å². The summed E-state index contributed by atoms with van der Waals surface area (Å²) >= 11 is 0. The van der Waals surface area contributed by atoms with E-state index in [1.165, 1.54) is 4.90 Å². The highest BCUT2D eigenvalue weighted by Gasteiger charge is 2.33. The number of aliphatic carboxylic acids is 1. The average molecular weight is 271 g/mol. The third-order valence-corrected chi connectivity index (χ3v) is 3.62. The molecule has 1 fully saturated rings. The summed E-state index contributed by atoms with van der Waals surface area (Å²) in [4.78, 5) is 26.6. The number of carbonyl (C=O) groups excluding carboxylic acids is 1. The van der Waals surface area contributed by atoms with Crippen LogP contribution in [0.1, 0.15) is 33.1 Å². The predicted molar refractivity (Wildman–Crippen MR) is 73.2 cm³/mol. The van der Waals surface area contributed by atoms with Gasteiger partial charge in [-0.15, -0.1) is 0 Å². The minimum absolute atomic E-state index is 0.246. The van der Waals surface area contributed by atoms with Gasteiger partial charge in [0.05, 0.1) is 0 Å². The van der Waals surface area contributed by atoms with E-state index < -0.39 is 12.0 Å². The number of hydrogen-bond acceptors (Lipinski definition) is 3. The molecule has 1 atom stereocenters. The quantitative estimate of drug-likeness (QED) is 0.677. The Morgan fingerprint density at radius 3 is 2.63 bits per heavy atom. The van der Waals surface area contributed by atoms with E-state index in [9.17, 15) is 9.59 Å². The fraction of sp³-hybridized carbons (Fsp3) is 0.846. The van der Waals surface area contributed by atoms with Gasteiger partial charge in [-0.05, 0) is 38.9 Å². The molecule has 1 saturated heterocycles. The van der Waals surface area contributed by atoms with E-state index in [0.29, 0.717) is 19.5 Å². The van der Waals surface area contributed by atoms with Crippen molar-refractivity contribution < 1.29 is 14.7 Å². The monoisotopic (exact) mass is 271 g/mol. The number of likely N-dealkylation sites (tertiary alicyclic amines) is 1. The molecule has 0 aliphatic carbocycles. The summed E-state index contributed by atoms with van der Waals surface area (Å²) in [5.41, 5.74) is 0. The number of carboxylic acid groups (broad SMARTS) is 1. The van der Waals surface area contributed by atoms with Crippen LogP contribution in [0, 0.1) is 0 Å². The van der Waals surface area contributed by atoms with Gasteiger partial charge >= 0.3 is 12.0 Å². The van der Waals surface area contributed by atoms with E-state index in [-0.39, 0.29) is 6.03 Å². The smallest absolute Gasteiger partial charge is 0.326 e. The van der Waals surface area contributed by atoms with E-state index in [0.717, 1.165) is 32.5 Å². The van der Waals surface area contributed by atoms with E-state index >= 15 is 0 Å². The van der Waals surface area contributed by atoms with E-state index in [2.05, 4.69) is 24.1 Å². The summed E-state index contributed by atoms with van der Waals surface area (Å²) in [6, 6.07) is -0.896. The molecule has 6 heteroatoms. The van der Waals surface area contributed by atoms with Crippen molar-refractivity contribution in [3.63, 3.8) is 0 Å². The van der Waals surface area contributed by atoms with Crippen LogP contribution < -0.4 is 5.32 Å². The molecular weight excluding hydrogens is 246 g/mol. The lowest BCUT2D eigenvalue weighted by molar-refractivity contribution is -0.141.